The number of nitrogens with zero attached hydrogens (tertiary/aromatic N) is 1. The van der Waals surface area contributed by atoms with Crippen LogP contribution in [0.4, 0.5) is 0 Å². The minimum absolute atomic E-state index is 0.296. The number of hydrogen-bond acceptors (Lipinski definition) is 1. The maximum absolute atomic E-state index is 12.0. The molecule has 1 fully saturated rings. The zero-order valence-electron chi connectivity index (χ0n) is 10.4. The first-order valence-electron chi connectivity index (χ1n) is 6.70. The number of benzene rings is 1. The highest BCUT2D eigenvalue weighted by Crippen LogP contribution is 2.29. The molecule has 3 heteroatoms. The smallest absolute Gasteiger partial charge is 0.223 e. The summed E-state index contributed by atoms with van der Waals surface area (Å²) >= 11 is 5.88. The van der Waals surface area contributed by atoms with Gasteiger partial charge in [0.05, 0.1) is 0 Å². The predicted octanol–water partition coefficient (Wildman–Crippen LogP) is 2.63. The molecule has 96 valence electrons. The third kappa shape index (κ3) is 2.14. The van der Waals surface area contributed by atoms with Crippen molar-refractivity contribution in [1.29, 1.82) is 0 Å². The molecule has 2 unspecified atom stereocenters. The zero-order valence-corrected chi connectivity index (χ0v) is 11.2. The molecule has 0 radical (unpaired) electrons. The van der Waals surface area contributed by atoms with Crippen LogP contribution < -0.4 is 0 Å². The van der Waals surface area contributed by atoms with Gasteiger partial charge >= 0.3 is 0 Å². The molecular weight excluding hydrogens is 246 g/mol. The van der Waals surface area contributed by atoms with Crippen molar-refractivity contribution < 1.29 is 4.79 Å². The molecule has 1 amide bonds. The molecule has 2 nitrogen and oxygen atoms in total. The van der Waals surface area contributed by atoms with E-state index in [-0.39, 0.29) is 0 Å². The Hall–Kier alpha value is -1.02. The van der Waals surface area contributed by atoms with Crippen LogP contribution in [0.2, 0.25) is 0 Å². The quantitative estimate of drug-likeness (QED) is 0.751. The number of rotatable bonds is 2. The maximum atomic E-state index is 12.0. The molecular formula is C15H18ClNO. The number of likely N-dealkylation sites (tertiary alicyclic amines) is 1. The van der Waals surface area contributed by atoms with Gasteiger partial charge in [-0.15, -0.1) is 11.6 Å². The third-order valence-corrected chi connectivity index (χ3v) is 4.65. The van der Waals surface area contributed by atoms with Crippen molar-refractivity contribution in [1.82, 2.24) is 4.90 Å². The summed E-state index contributed by atoms with van der Waals surface area (Å²) in [4.78, 5) is 14.1. The number of carbonyl (C=O) groups excluding carboxylic acids is 1. The van der Waals surface area contributed by atoms with E-state index >= 15 is 0 Å². The topological polar surface area (TPSA) is 20.3 Å². The van der Waals surface area contributed by atoms with Crippen LogP contribution in [0.5, 0.6) is 0 Å². The second-order valence-electron chi connectivity index (χ2n) is 5.44. The first-order valence-corrected chi connectivity index (χ1v) is 7.23. The minimum Gasteiger partial charge on any atom is -0.339 e. The van der Waals surface area contributed by atoms with E-state index in [1.807, 2.05) is 0 Å². The SMILES string of the molecule is O=C1CC(CCl)CN1C1CCc2ccccc2C1. The first-order chi connectivity index (χ1) is 8.78. The van der Waals surface area contributed by atoms with Gasteiger partial charge in [0, 0.05) is 24.9 Å². The summed E-state index contributed by atoms with van der Waals surface area (Å²) < 4.78 is 0. The van der Waals surface area contributed by atoms with Crippen molar-refractivity contribution in [2.45, 2.75) is 31.7 Å². The van der Waals surface area contributed by atoms with Crippen LogP contribution in [0.1, 0.15) is 24.0 Å². The number of aryl methyl sites for hydroxylation is 1. The Bertz CT molecular complexity index is 460. The average Bonchev–Trinajstić information content (AvgIpc) is 2.79. The van der Waals surface area contributed by atoms with Crippen molar-refractivity contribution in [2.24, 2.45) is 5.92 Å². The van der Waals surface area contributed by atoms with Crippen molar-refractivity contribution in [3.05, 3.63) is 35.4 Å². The second-order valence-corrected chi connectivity index (χ2v) is 5.74. The number of hydrogen-bond donors (Lipinski definition) is 0. The highest BCUT2D eigenvalue weighted by molar-refractivity contribution is 6.18. The van der Waals surface area contributed by atoms with Gasteiger partial charge in [-0.2, -0.15) is 0 Å². The van der Waals surface area contributed by atoms with Crippen LogP contribution in [0.15, 0.2) is 24.3 Å². The Balaban J connectivity index is 1.74. The molecule has 0 saturated carbocycles. The molecule has 0 aromatic heterocycles. The van der Waals surface area contributed by atoms with Crippen LogP contribution in [-0.2, 0) is 17.6 Å². The fourth-order valence-electron chi connectivity index (χ4n) is 3.21. The van der Waals surface area contributed by atoms with E-state index in [9.17, 15) is 4.79 Å². The van der Waals surface area contributed by atoms with Gasteiger partial charge in [0.25, 0.3) is 0 Å². The number of fused-ring (bicyclic) bond motifs is 1. The van der Waals surface area contributed by atoms with Crippen molar-refractivity contribution in [3.63, 3.8) is 0 Å². The lowest BCUT2D eigenvalue weighted by atomic mass is 9.87. The fourth-order valence-corrected chi connectivity index (χ4v) is 3.42. The molecule has 1 aliphatic carbocycles. The van der Waals surface area contributed by atoms with Gasteiger partial charge in [-0.25, -0.2) is 0 Å². The minimum atomic E-state index is 0.296. The number of alkyl halides is 1. The molecule has 1 aromatic carbocycles. The van der Waals surface area contributed by atoms with Crippen LogP contribution in [-0.4, -0.2) is 29.3 Å². The summed E-state index contributed by atoms with van der Waals surface area (Å²) in [7, 11) is 0. The van der Waals surface area contributed by atoms with Crippen LogP contribution in [0.25, 0.3) is 0 Å². The molecule has 2 atom stereocenters. The number of amides is 1. The molecule has 0 spiro atoms. The van der Waals surface area contributed by atoms with E-state index in [1.165, 1.54) is 11.1 Å². The van der Waals surface area contributed by atoms with Crippen molar-refractivity contribution in [2.75, 3.05) is 12.4 Å². The molecule has 3 rings (SSSR count). The van der Waals surface area contributed by atoms with E-state index in [1.54, 1.807) is 0 Å². The van der Waals surface area contributed by atoms with Crippen LogP contribution in [0.3, 0.4) is 0 Å². The Labute approximate surface area is 113 Å². The highest BCUT2D eigenvalue weighted by Gasteiger charge is 2.35. The van der Waals surface area contributed by atoms with Crippen molar-refractivity contribution in [3.8, 4) is 0 Å². The number of halogens is 1. The Morgan fingerprint density at radius 3 is 2.72 bits per heavy atom. The van der Waals surface area contributed by atoms with E-state index < -0.39 is 0 Å². The normalized spacial score (nSPS) is 27.4. The van der Waals surface area contributed by atoms with Gasteiger partial charge in [0.15, 0.2) is 0 Å². The van der Waals surface area contributed by atoms with Crippen LogP contribution >= 0.6 is 11.6 Å². The molecule has 0 bridgehead atoms. The standard InChI is InChI=1S/C15H18ClNO/c16-9-11-7-15(18)17(10-11)14-6-5-12-3-1-2-4-13(12)8-14/h1-4,11,14H,5-10H2. The Morgan fingerprint density at radius 1 is 1.22 bits per heavy atom. The van der Waals surface area contributed by atoms with Gasteiger partial charge in [0.1, 0.15) is 0 Å². The Kier molecular flexibility index (Phi) is 3.29. The Morgan fingerprint density at radius 2 is 2.00 bits per heavy atom. The summed E-state index contributed by atoms with van der Waals surface area (Å²) in [6.45, 7) is 0.856. The molecule has 0 N–H and O–H groups in total. The first kappa shape index (κ1) is 12.0. The van der Waals surface area contributed by atoms with E-state index in [2.05, 4.69) is 29.2 Å². The number of carbonyl (C=O) groups is 1. The summed E-state index contributed by atoms with van der Waals surface area (Å²) in [5, 5.41) is 0. The van der Waals surface area contributed by atoms with Gasteiger partial charge in [-0.3, -0.25) is 4.79 Å². The summed E-state index contributed by atoms with van der Waals surface area (Å²) in [6.07, 6.45) is 3.84. The summed E-state index contributed by atoms with van der Waals surface area (Å²) in [5.74, 6) is 1.26. The van der Waals surface area contributed by atoms with E-state index in [0.29, 0.717) is 30.2 Å². The van der Waals surface area contributed by atoms with Gasteiger partial charge in [0.2, 0.25) is 5.91 Å². The largest absolute Gasteiger partial charge is 0.339 e. The van der Waals surface area contributed by atoms with Crippen molar-refractivity contribution >= 4 is 17.5 Å². The molecule has 1 aromatic rings. The average molecular weight is 264 g/mol. The lowest BCUT2D eigenvalue weighted by Crippen LogP contribution is -2.40. The van der Waals surface area contributed by atoms with Gasteiger partial charge in [-0.05, 0) is 36.3 Å². The monoisotopic (exact) mass is 263 g/mol. The fraction of sp³-hybridized carbons (Fsp3) is 0.533. The zero-order chi connectivity index (χ0) is 12.5. The van der Waals surface area contributed by atoms with Crippen LogP contribution in [0, 0.1) is 5.92 Å². The van der Waals surface area contributed by atoms with E-state index in [4.69, 9.17) is 11.6 Å². The second kappa shape index (κ2) is 4.93. The van der Waals surface area contributed by atoms with Gasteiger partial charge < -0.3 is 4.90 Å². The summed E-state index contributed by atoms with van der Waals surface area (Å²) in [5.41, 5.74) is 2.87. The highest BCUT2D eigenvalue weighted by atomic mass is 35.5. The summed E-state index contributed by atoms with van der Waals surface area (Å²) in [6, 6.07) is 8.98. The molecule has 1 aliphatic heterocycles. The predicted molar refractivity (Wildman–Crippen MR) is 72.8 cm³/mol. The van der Waals surface area contributed by atoms with Gasteiger partial charge in [-0.1, -0.05) is 24.3 Å². The third-order valence-electron chi connectivity index (χ3n) is 4.22. The molecule has 18 heavy (non-hydrogen) atoms. The maximum Gasteiger partial charge on any atom is 0.223 e. The lowest BCUT2D eigenvalue weighted by Gasteiger charge is -2.32. The molecule has 2 aliphatic rings. The molecule has 1 saturated heterocycles. The molecule has 1 heterocycles. The van der Waals surface area contributed by atoms with E-state index in [0.717, 1.165) is 25.8 Å². The lowest BCUT2D eigenvalue weighted by molar-refractivity contribution is -0.129.